The average molecular weight is 423 g/mol. The Labute approximate surface area is 194 Å². The summed E-state index contributed by atoms with van der Waals surface area (Å²) in [5.74, 6) is 0. The fraction of sp³-hybridized carbons (Fsp3) is 0.0909. The van der Waals surface area contributed by atoms with Crippen LogP contribution in [0.4, 0.5) is 0 Å². The molecule has 0 heteroatoms. The number of aryl methyl sites for hydroxylation is 1. The molecule has 2 aliphatic rings. The molecule has 4 aromatic rings. The predicted molar refractivity (Wildman–Crippen MR) is 139 cm³/mol. The minimum atomic E-state index is 0.980. The van der Waals surface area contributed by atoms with Crippen molar-refractivity contribution in [2.45, 2.75) is 19.8 Å². The summed E-state index contributed by atoms with van der Waals surface area (Å²) in [5, 5.41) is 5.42. The fourth-order valence-corrected chi connectivity index (χ4v) is 5.35. The summed E-state index contributed by atoms with van der Waals surface area (Å²) < 4.78 is 0. The summed E-state index contributed by atoms with van der Waals surface area (Å²) in [6.07, 6.45) is 11.2. The third kappa shape index (κ3) is 3.31. The molecule has 0 saturated heterocycles. The minimum Gasteiger partial charge on any atom is -0.0801 e. The van der Waals surface area contributed by atoms with Crippen LogP contribution in [0.2, 0.25) is 0 Å². The van der Waals surface area contributed by atoms with Gasteiger partial charge in [-0.2, -0.15) is 0 Å². The van der Waals surface area contributed by atoms with Gasteiger partial charge in [-0.15, -0.1) is 0 Å². The molecule has 0 nitrogen and oxygen atoms in total. The summed E-state index contributed by atoms with van der Waals surface area (Å²) >= 11 is 0. The van der Waals surface area contributed by atoms with Gasteiger partial charge in [0.2, 0.25) is 0 Å². The number of benzene rings is 4. The van der Waals surface area contributed by atoms with Crippen LogP contribution in [-0.4, -0.2) is 0 Å². The number of hydrogen-bond donors (Lipinski definition) is 0. The Kier molecular flexibility index (Phi) is 4.92. The van der Waals surface area contributed by atoms with E-state index in [2.05, 4.69) is 122 Å². The van der Waals surface area contributed by atoms with E-state index in [1.807, 2.05) is 0 Å². The Morgan fingerprint density at radius 2 is 1.42 bits per heavy atom. The molecule has 6 rings (SSSR count). The van der Waals surface area contributed by atoms with Crippen molar-refractivity contribution in [2.75, 3.05) is 0 Å². The second-order valence-corrected chi connectivity index (χ2v) is 8.76. The highest BCUT2D eigenvalue weighted by atomic mass is 14.2. The maximum absolute atomic E-state index is 2.45. The fourth-order valence-electron chi connectivity index (χ4n) is 5.35. The van der Waals surface area contributed by atoms with Crippen molar-refractivity contribution in [1.82, 2.24) is 0 Å². The van der Waals surface area contributed by atoms with Crippen LogP contribution in [-0.2, 0) is 6.42 Å². The van der Waals surface area contributed by atoms with Gasteiger partial charge in [0.05, 0.1) is 0 Å². The number of rotatable bonds is 4. The van der Waals surface area contributed by atoms with Gasteiger partial charge in [-0.3, -0.25) is 0 Å². The molecule has 0 aliphatic heterocycles. The summed E-state index contributed by atoms with van der Waals surface area (Å²) in [5.41, 5.74) is 9.43. The zero-order chi connectivity index (χ0) is 22.2. The molecule has 0 fully saturated rings. The molecule has 0 heterocycles. The first-order valence-corrected chi connectivity index (χ1v) is 11.8. The largest absolute Gasteiger partial charge is 0.0801 e. The molecule has 0 bridgehead atoms. The van der Waals surface area contributed by atoms with Crippen LogP contribution >= 0.6 is 0 Å². The Hall–Kier alpha value is -3.90. The van der Waals surface area contributed by atoms with Crippen LogP contribution in [0.15, 0.2) is 109 Å². The van der Waals surface area contributed by atoms with Gasteiger partial charge in [0.1, 0.15) is 0 Å². The summed E-state index contributed by atoms with van der Waals surface area (Å²) in [6.45, 7) is 2.29. The smallest absolute Gasteiger partial charge is 0.00297 e. The highest BCUT2D eigenvalue weighted by molar-refractivity contribution is 5.87. The minimum absolute atomic E-state index is 0.980. The van der Waals surface area contributed by atoms with Gasteiger partial charge in [-0.25, -0.2) is 0 Å². The van der Waals surface area contributed by atoms with E-state index in [1.165, 1.54) is 59.8 Å². The lowest BCUT2D eigenvalue weighted by Gasteiger charge is -2.18. The second kappa shape index (κ2) is 8.22. The lowest BCUT2D eigenvalue weighted by atomic mass is 9.85. The molecule has 2 aliphatic carbocycles. The van der Waals surface area contributed by atoms with Crippen molar-refractivity contribution < 1.29 is 0 Å². The van der Waals surface area contributed by atoms with Crippen molar-refractivity contribution in [2.24, 2.45) is 0 Å². The van der Waals surface area contributed by atoms with E-state index >= 15 is 0 Å². The van der Waals surface area contributed by atoms with E-state index in [0.29, 0.717) is 0 Å². The Morgan fingerprint density at radius 1 is 0.758 bits per heavy atom. The molecule has 4 aromatic carbocycles. The molecule has 0 aromatic heterocycles. The van der Waals surface area contributed by atoms with Gasteiger partial charge in [0.15, 0.2) is 0 Å². The number of hydrogen-bond acceptors (Lipinski definition) is 0. The predicted octanol–water partition coefficient (Wildman–Crippen LogP) is 6.27. The maximum Gasteiger partial charge on any atom is -0.00297 e. The molecule has 158 valence electrons. The van der Waals surface area contributed by atoms with E-state index in [9.17, 15) is 0 Å². The molecule has 0 unspecified atom stereocenters. The Balaban J connectivity index is 1.88. The first-order valence-electron chi connectivity index (χ1n) is 11.8. The highest BCUT2D eigenvalue weighted by Crippen LogP contribution is 2.30. The van der Waals surface area contributed by atoms with E-state index in [1.54, 1.807) is 0 Å². The lowest BCUT2D eigenvalue weighted by Crippen LogP contribution is -2.21. The molecule has 0 saturated carbocycles. The standard InChI is InChI=1S/C33H26/c1-2-23-21-29-28-20-12-11-19-27(28)22-30(29)32(26-17-9-10-18-26)33(23)31(24-13-5-3-6-14-24)25-15-7-4-8-16-25/h3-17,19-22H,2,18H2,1H3. The van der Waals surface area contributed by atoms with Crippen LogP contribution < -0.4 is 10.4 Å². The third-order valence-corrected chi connectivity index (χ3v) is 6.85. The summed E-state index contributed by atoms with van der Waals surface area (Å²) in [4.78, 5) is 0. The zero-order valence-corrected chi connectivity index (χ0v) is 18.9. The molecule has 33 heavy (non-hydrogen) atoms. The van der Waals surface area contributed by atoms with E-state index < -0.39 is 0 Å². The lowest BCUT2D eigenvalue weighted by molar-refractivity contribution is 1.10. The van der Waals surface area contributed by atoms with Crippen LogP contribution in [0.3, 0.4) is 0 Å². The molecular weight excluding hydrogens is 396 g/mol. The molecule has 0 N–H and O–H groups in total. The molecule has 0 amide bonds. The maximum atomic E-state index is 2.45. The molecule has 0 spiro atoms. The monoisotopic (exact) mass is 422 g/mol. The van der Waals surface area contributed by atoms with Crippen molar-refractivity contribution in [3.05, 3.63) is 158 Å². The molecule has 0 atom stereocenters. The van der Waals surface area contributed by atoms with Gasteiger partial charge in [0, 0.05) is 0 Å². The second-order valence-electron chi connectivity index (χ2n) is 8.76. The molecular formula is C33H26. The number of allylic oxidation sites excluding steroid dienone is 4. The van der Waals surface area contributed by atoms with Crippen LogP contribution in [0.5, 0.6) is 0 Å². The van der Waals surface area contributed by atoms with Gasteiger partial charge in [0.25, 0.3) is 0 Å². The van der Waals surface area contributed by atoms with E-state index in [4.69, 9.17) is 0 Å². The van der Waals surface area contributed by atoms with E-state index in [-0.39, 0.29) is 0 Å². The van der Waals surface area contributed by atoms with Gasteiger partial charge < -0.3 is 0 Å². The van der Waals surface area contributed by atoms with Crippen LogP contribution in [0.25, 0.3) is 17.2 Å². The Bertz CT molecular complexity index is 1590. The van der Waals surface area contributed by atoms with Crippen molar-refractivity contribution in [3.63, 3.8) is 0 Å². The van der Waals surface area contributed by atoms with E-state index in [0.717, 1.165) is 12.8 Å². The zero-order valence-electron chi connectivity index (χ0n) is 18.9. The Morgan fingerprint density at radius 3 is 2.06 bits per heavy atom. The topological polar surface area (TPSA) is 0 Å². The first-order chi connectivity index (χ1) is 16.3. The summed E-state index contributed by atoms with van der Waals surface area (Å²) in [6, 6.07) is 33.0. The highest BCUT2D eigenvalue weighted by Gasteiger charge is 2.20. The van der Waals surface area contributed by atoms with Gasteiger partial charge >= 0.3 is 0 Å². The third-order valence-electron chi connectivity index (χ3n) is 6.85. The number of fused-ring (bicyclic) bond motifs is 2. The van der Waals surface area contributed by atoms with Crippen LogP contribution in [0, 0.1) is 10.4 Å². The molecule has 0 radical (unpaired) electrons. The van der Waals surface area contributed by atoms with Crippen molar-refractivity contribution in [3.8, 4) is 0 Å². The van der Waals surface area contributed by atoms with Crippen molar-refractivity contribution in [1.29, 1.82) is 0 Å². The van der Waals surface area contributed by atoms with Gasteiger partial charge in [-0.05, 0) is 84.8 Å². The van der Waals surface area contributed by atoms with Crippen LogP contribution in [0.1, 0.15) is 41.2 Å². The summed E-state index contributed by atoms with van der Waals surface area (Å²) in [7, 11) is 0. The first kappa shape index (κ1) is 19.8. The SMILES string of the molecule is CCc1cc2c(c(C3=CC=CC3)c1=C(c1ccccc1)c1ccccc1)C=c1ccccc1=2. The van der Waals surface area contributed by atoms with Gasteiger partial charge in [-0.1, -0.05) is 110 Å². The quantitative estimate of drug-likeness (QED) is 0.320. The average Bonchev–Trinajstić information content (AvgIpc) is 3.53. The normalized spacial score (nSPS) is 13.3. The van der Waals surface area contributed by atoms with Crippen molar-refractivity contribution >= 4 is 17.2 Å².